The zero-order valence-electron chi connectivity index (χ0n) is 22.0. The maximum atomic E-state index is 13.6. The molecular formula is C30H33FN4O3. The van der Waals surface area contributed by atoms with E-state index in [0.29, 0.717) is 56.1 Å². The van der Waals surface area contributed by atoms with Gasteiger partial charge in [-0.05, 0) is 69.3 Å². The monoisotopic (exact) mass is 516 g/mol. The Morgan fingerprint density at radius 3 is 2.18 bits per heavy atom. The fourth-order valence-corrected chi connectivity index (χ4v) is 4.60. The van der Waals surface area contributed by atoms with Crippen molar-refractivity contribution in [3.63, 3.8) is 0 Å². The van der Waals surface area contributed by atoms with E-state index in [1.54, 1.807) is 17.0 Å². The van der Waals surface area contributed by atoms with Gasteiger partial charge in [-0.1, -0.05) is 23.8 Å². The van der Waals surface area contributed by atoms with E-state index in [2.05, 4.69) is 10.2 Å². The van der Waals surface area contributed by atoms with Crippen molar-refractivity contribution in [3.8, 4) is 0 Å². The molecule has 1 fully saturated rings. The van der Waals surface area contributed by atoms with Gasteiger partial charge in [-0.2, -0.15) is 0 Å². The van der Waals surface area contributed by atoms with Crippen LogP contribution >= 0.6 is 0 Å². The molecule has 1 aliphatic heterocycles. The Bertz CT molecular complexity index is 1310. The second-order valence-electron chi connectivity index (χ2n) is 9.32. The highest BCUT2D eigenvalue weighted by molar-refractivity contribution is 6.06. The molecule has 0 atom stereocenters. The molecule has 3 aromatic carbocycles. The smallest absolute Gasteiger partial charge is 0.256 e. The van der Waals surface area contributed by atoms with Crippen molar-refractivity contribution in [2.45, 2.75) is 20.8 Å². The first-order valence-corrected chi connectivity index (χ1v) is 12.9. The molecule has 8 heteroatoms. The molecule has 0 aromatic heterocycles. The predicted molar refractivity (Wildman–Crippen MR) is 147 cm³/mol. The minimum atomic E-state index is -0.495. The fourth-order valence-electron chi connectivity index (χ4n) is 4.60. The molecule has 0 spiro atoms. The summed E-state index contributed by atoms with van der Waals surface area (Å²) in [5, 5.41) is 2.78. The number of hydrogen-bond acceptors (Lipinski definition) is 4. The summed E-state index contributed by atoms with van der Waals surface area (Å²) >= 11 is 0. The van der Waals surface area contributed by atoms with Crippen LogP contribution in [-0.4, -0.2) is 66.8 Å². The van der Waals surface area contributed by atoms with Crippen molar-refractivity contribution in [2.24, 2.45) is 0 Å². The minimum Gasteiger partial charge on any atom is -0.367 e. The number of carbonyl (C=O) groups is 3. The van der Waals surface area contributed by atoms with E-state index in [1.165, 1.54) is 24.3 Å². The molecule has 0 saturated carbocycles. The van der Waals surface area contributed by atoms with Crippen LogP contribution in [0.5, 0.6) is 0 Å². The number of aryl methyl sites for hydroxylation is 1. The molecular weight excluding hydrogens is 483 g/mol. The molecule has 0 radical (unpaired) electrons. The van der Waals surface area contributed by atoms with E-state index in [1.807, 2.05) is 56.0 Å². The Morgan fingerprint density at radius 2 is 1.55 bits per heavy atom. The second-order valence-corrected chi connectivity index (χ2v) is 9.32. The van der Waals surface area contributed by atoms with Gasteiger partial charge in [0, 0.05) is 61.8 Å². The van der Waals surface area contributed by atoms with Crippen molar-refractivity contribution in [3.05, 3.63) is 94.8 Å². The Kier molecular flexibility index (Phi) is 8.41. The molecule has 4 rings (SSSR count). The zero-order valence-corrected chi connectivity index (χ0v) is 22.0. The lowest BCUT2D eigenvalue weighted by Gasteiger charge is -2.37. The number of amides is 3. The Labute approximate surface area is 222 Å². The maximum absolute atomic E-state index is 13.6. The number of nitrogens with zero attached hydrogens (tertiary/aromatic N) is 3. The topological polar surface area (TPSA) is 73.0 Å². The van der Waals surface area contributed by atoms with Gasteiger partial charge in [0.15, 0.2) is 0 Å². The number of rotatable bonds is 7. The van der Waals surface area contributed by atoms with Gasteiger partial charge in [0.25, 0.3) is 17.7 Å². The van der Waals surface area contributed by atoms with Crippen molar-refractivity contribution in [2.75, 3.05) is 49.5 Å². The van der Waals surface area contributed by atoms with E-state index < -0.39 is 11.7 Å². The zero-order chi connectivity index (χ0) is 27.2. The quantitative estimate of drug-likeness (QED) is 0.488. The van der Waals surface area contributed by atoms with Gasteiger partial charge in [0.2, 0.25) is 0 Å². The molecule has 0 unspecified atom stereocenters. The Hall–Kier alpha value is -4.20. The van der Waals surface area contributed by atoms with Crippen LogP contribution in [0.25, 0.3) is 0 Å². The molecule has 1 N–H and O–H groups in total. The van der Waals surface area contributed by atoms with Gasteiger partial charge in [0.1, 0.15) is 5.82 Å². The number of carbonyl (C=O) groups excluding carboxylic acids is 3. The van der Waals surface area contributed by atoms with Crippen LogP contribution in [0.15, 0.2) is 66.7 Å². The van der Waals surface area contributed by atoms with Gasteiger partial charge in [-0.15, -0.1) is 0 Å². The maximum Gasteiger partial charge on any atom is 0.256 e. The minimum absolute atomic E-state index is 0.000463. The number of anilines is 2. The van der Waals surface area contributed by atoms with Crippen LogP contribution in [0.4, 0.5) is 15.8 Å². The van der Waals surface area contributed by atoms with E-state index in [-0.39, 0.29) is 17.4 Å². The highest BCUT2D eigenvalue weighted by Gasteiger charge is 2.26. The lowest BCUT2D eigenvalue weighted by atomic mass is 10.1. The van der Waals surface area contributed by atoms with Gasteiger partial charge in [0.05, 0.1) is 5.56 Å². The largest absolute Gasteiger partial charge is 0.367 e. The number of piperazine rings is 1. The molecule has 38 heavy (non-hydrogen) atoms. The van der Waals surface area contributed by atoms with Crippen LogP contribution in [0, 0.1) is 12.7 Å². The number of halogens is 1. The lowest BCUT2D eigenvalue weighted by molar-refractivity contribution is 0.0740. The summed E-state index contributed by atoms with van der Waals surface area (Å²) in [5.41, 5.74) is 3.65. The molecule has 0 bridgehead atoms. The van der Waals surface area contributed by atoms with Crippen molar-refractivity contribution in [1.82, 2.24) is 9.80 Å². The molecule has 1 aliphatic rings. The van der Waals surface area contributed by atoms with Crippen molar-refractivity contribution >= 4 is 29.1 Å². The lowest BCUT2D eigenvalue weighted by Crippen LogP contribution is -2.49. The van der Waals surface area contributed by atoms with Crippen LogP contribution in [0.1, 0.15) is 50.5 Å². The first-order chi connectivity index (χ1) is 18.3. The van der Waals surface area contributed by atoms with E-state index in [0.717, 1.165) is 11.3 Å². The first kappa shape index (κ1) is 26.9. The van der Waals surface area contributed by atoms with Crippen LogP contribution < -0.4 is 10.2 Å². The average molecular weight is 517 g/mol. The van der Waals surface area contributed by atoms with E-state index >= 15 is 0 Å². The van der Waals surface area contributed by atoms with Crippen LogP contribution in [-0.2, 0) is 0 Å². The van der Waals surface area contributed by atoms with Gasteiger partial charge in [-0.25, -0.2) is 4.39 Å². The summed E-state index contributed by atoms with van der Waals surface area (Å²) in [6, 6.07) is 18.3. The molecule has 198 valence electrons. The molecule has 1 saturated heterocycles. The summed E-state index contributed by atoms with van der Waals surface area (Å²) in [7, 11) is 0. The SMILES string of the molecule is CCN(CC)C(=O)c1cc(NC(=O)c2cccc(F)c2)ccc1N1CCN(C(=O)c2ccc(C)cc2)CC1. The highest BCUT2D eigenvalue weighted by atomic mass is 19.1. The second kappa shape index (κ2) is 11.9. The molecule has 3 amide bonds. The molecule has 7 nitrogen and oxygen atoms in total. The standard InChI is InChI=1S/C30H33FN4O3/c1-4-33(5-2)30(38)26-20-25(32-28(36)23-7-6-8-24(31)19-23)13-14-27(26)34-15-17-35(18-16-34)29(37)22-11-9-21(3)10-12-22/h6-14,19-20H,4-5,15-18H2,1-3H3,(H,32,36). The summed E-state index contributed by atoms with van der Waals surface area (Å²) < 4.78 is 13.6. The van der Waals surface area contributed by atoms with Crippen LogP contribution in [0.2, 0.25) is 0 Å². The van der Waals surface area contributed by atoms with Gasteiger partial charge < -0.3 is 20.0 Å². The molecule has 0 aliphatic carbocycles. The third-order valence-electron chi connectivity index (χ3n) is 6.83. The van der Waals surface area contributed by atoms with Crippen molar-refractivity contribution in [1.29, 1.82) is 0 Å². The van der Waals surface area contributed by atoms with Crippen LogP contribution in [0.3, 0.4) is 0 Å². The van der Waals surface area contributed by atoms with Gasteiger partial charge in [-0.3, -0.25) is 14.4 Å². The summed E-state index contributed by atoms with van der Waals surface area (Å²) in [6.45, 7) is 9.14. The average Bonchev–Trinajstić information content (AvgIpc) is 2.94. The Balaban J connectivity index is 1.55. The first-order valence-electron chi connectivity index (χ1n) is 12.9. The number of hydrogen-bond donors (Lipinski definition) is 1. The van der Waals surface area contributed by atoms with Crippen molar-refractivity contribution < 1.29 is 18.8 Å². The number of nitrogens with one attached hydrogen (secondary N) is 1. The van der Waals surface area contributed by atoms with E-state index in [4.69, 9.17) is 0 Å². The molecule has 3 aromatic rings. The summed E-state index contributed by atoms with van der Waals surface area (Å²) in [4.78, 5) is 44.8. The third kappa shape index (κ3) is 6.02. The predicted octanol–water partition coefficient (Wildman–Crippen LogP) is 4.83. The van der Waals surface area contributed by atoms with Gasteiger partial charge >= 0.3 is 0 Å². The molecule has 1 heterocycles. The van der Waals surface area contributed by atoms with E-state index in [9.17, 15) is 18.8 Å². The summed E-state index contributed by atoms with van der Waals surface area (Å²) in [6.07, 6.45) is 0. The summed E-state index contributed by atoms with van der Waals surface area (Å²) in [5.74, 6) is -1.09. The fraction of sp³-hybridized carbons (Fsp3) is 0.300. The third-order valence-corrected chi connectivity index (χ3v) is 6.83. The number of benzene rings is 3. The Morgan fingerprint density at radius 1 is 0.868 bits per heavy atom. The normalized spacial score (nSPS) is 13.3. The highest BCUT2D eigenvalue weighted by Crippen LogP contribution is 2.28.